The molecule has 1 aromatic rings. The van der Waals surface area contributed by atoms with Gasteiger partial charge in [0.15, 0.2) is 5.75 Å². The summed E-state index contributed by atoms with van der Waals surface area (Å²) in [5.41, 5.74) is 0.635. The number of hydrogen-bond acceptors (Lipinski definition) is 5. The normalized spacial score (nSPS) is 21.9. The van der Waals surface area contributed by atoms with E-state index in [9.17, 15) is 13.2 Å². The molecule has 0 aliphatic carbocycles. The lowest BCUT2D eigenvalue weighted by molar-refractivity contribution is 0.0639. The van der Waals surface area contributed by atoms with Crippen molar-refractivity contribution >= 4 is 21.6 Å². The topological polar surface area (TPSA) is 87.7 Å². The van der Waals surface area contributed by atoms with Crippen LogP contribution in [0, 0.1) is 5.92 Å². The predicted octanol–water partition coefficient (Wildman–Crippen LogP) is 0.747. The first kappa shape index (κ1) is 17.6. The van der Waals surface area contributed by atoms with Crippen molar-refractivity contribution in [1.29, 1.82) is 0 Å². The average molecular weight is 341 g/mol. The number of likely N-dealkylation sites (N-methyl/N-ethyl adjacent to an activating group) is 1. The summed E-state index contributed by atoms with van der Waals surface area (Å²) in [6.45, 7) is 3.16. The summed E-state index contributed by atoms with van der Waals surface area (Å²) >= 11 is 0. The maximum absolute atomic E-state index is 12.6. The van der Waals surface area contributed by atoms with E-state index in [1.807, 2.05) is 14.0 Å². The molecule has 8 heteroatoms. The van der Waals surface area contributed by atoms with E-state index >= 15 is 0 Å². The highest BCUT2D eigenvalue weighted by Crippen LogP contribution is 2.34. The SMILES string of the molecule is CNC[C@@H]1Oc2c(NS(C)(=O)=O)cccc2C(=O)N(C)C[C@H]1C. The zero-order valence-corrected chi connectivity index (χ0v) is 14.6. The highest BCUT2D eigenvalue weighted by atomic mass is 32.2. The second kappa shape index (κ2) is 6.76. The molecule has 0 aromatic heterocycles. The van der Waals surface area contributed by atoms with Crippen molar-refractivity contribution in [3.63, 3.8) is 0 Å². The van der Waals surface area contributed by atoms with Gasteiger partial charge in [0.05, 0.1) is 17.5 Å². The van der Waals surface area contributed by atoms with E-state index in [0.29, 0.717) is 18.7 Å². The monoisotopic (exact) mass is 341 g/mol. The minimum absolute atomic E-state index is 0.0934. The summed E-state index contributed by atoms with van der Waals surface area (Å²) in [5, 5.41) is 3.07. The molecule has 0 fully saturated rings. The van der Waals surface area contributed by atoms with Crippen LogP contribution in [0.1, 0.15) is 17.3 Å². The summed E-state index contributed by atoms with van der Waals surface area (Å²) in [5.74, 6) is 0.185. The van der Waals surface area contributed by atoms with Crippen LogP contribution in [0.15, 0.2) is 18.2 Å². The Morgan fingerprint density at radius 1 is 1.39 bits per heavy atom. The summed E-state index contributed by atoms with van der Waals surface area (Å²) in [7, 11) is 0.0853. The summed E-state index contributed by atoms with van der Waals surface area (Å²) in [6.07, 6.45) is 0.883. The second-order valence-electron chi connectivity index (χ2n) is 5.93. The van der Waals surface area contributed by atoms with Crippen LogP contribution < -0.4 is 14.8 Å². The fourth-order valence-electron chi connectivity index (χ4n) is 2.66. The lowest BCUT2D eigenvalue weighted by Crippen LogP contribution is -2.44. The first-order chi connectivity index (χ1) is 10.7. The minimum atomic E-state index is -3.48. The molecule has 1 aliphatic heterocycles. The van der Waals surface area contributed by atoms with Crippen LogP contribution in [-0.4, -0.2) is 58.8 Å². The van der Waals surface area contributed by atoms with Crippen LogP contribution in [-0.2, 0) is 10.0 Å². The Bertz CT molecular complexity index is 690. The molecule has 0 saturated heterocycles. The van der Waals surface area contributed by atoms with Crippen molar-refractivity contribution in [1.82, 2.24) is 10.2 Å². The van der Waals surface area contributed by atoms with Crippen molar-refractivity contribution in [2.24, 2.45) is 5.92 Å². The van der Waals surface area contributed by atoms with E-state index in [-0.39, 0.29) is 29.4 Å². The molecule has 0 unspecified atom stereocenters. The number of nitrogens with one attached hydrogen (secondary N) is 2. The number of nitrogens with zero attached hydrogens (tertiary/aromatic N) is 1. The van der Waals surface area contributed by atoms with Gasteiger partial charge >= 0.3 is 0 Å². The third-order valence-corrected chi connectivity index (χ3v) is 4.35. The molecule has 1 aliphatic rings. The predicted molar refractivity (Wildman–Crippen MR) is 89.4 cm³/mol. The van der Waals surface area contributed by atoms with Crippen LogP contribution in [0.2, 0.25) is 0 Å². The number of benzene rings is 1. The van der Waals surface area contributed by atoms with E-state index in [0.717, 1.165) is 6.26 Å². The van der Waals surface area contributed by atoms with Crippen LogP contribution >= 0.6 is 0 Å². The molecule has 1 heterocycles. The van der Waals surface area contributed by atoms with Crippen molar-refractivity contribution in [3.8, 4) is 5.75 Å². The van der Waals surface area contributed by atoms with Crippen LogP contribution in [0.25, 0.3) is 0 Å². The molecule has 0 bridgehead atoms. The molecule has 1 amide bonds. The average Bonchev–Trinajstić information content (AvgIpc) is 2.44. The van der Waals surface area contributed by atoms with Gasteiger partial charge in [-0.3, -0.25) is 9.52 Å². The molecular weight excluding hydrogens is 318 g/mol. The zero-order chi connectivity index (χ0) is 17.2. The van der Waals surface area contributed by atoms with Gasteiger partial charge in [-0.15, -0.1) is 0 Å². The summed E-state index contributed by atoms with van der Waals surface area (Å²) in [4.78, 5) is 14.2. The number of para-hydroxylation sites is 1. The third kappa shape index (κ3) is 4.14. The lowest BCUT2D eigenvalue weighted by Gasteiger charge is -2.33. The molecule has 2 N–H and O–H groups in total. The number of fused-ring (bicyclic) bond motifs is 1. The third-order valence-electron chi connectivity index (χ3n) is 3.76. The van der Waals surface area contributed by atoms with E-state index in [1.54, 1.807) is 30.1 Å². The second-order valence-corrected chi connectivity index (χ2v) is 7.68. The van der Waals surface area contributed by atoms with Crippen LogP contribution in [0.5, 0.6) is 5.75 Å². The van der Waals surface area contributed by atoms with E-state index in [1.165, 1.54) is 0 Å². The minimum Gasteiger partial charge on any atom is -0.486 e. The van der Waals surface area contributed by atoms with Gasteiger partial charge in [0.2, 0.25) is 10.0 Å². The van der Waals surface area contributed by atoms with Crippen molar-refractivity contribution in [3.05, 3.63) is 23.8 Å². The Kier molecular flexibility index (Phi) is 5.16. The molecule has 128 valence electrons. The van der Waals surface area contributed by atoms with Gasteiger partial charge < -0.3 is 15.0 Å². The Hall–Kier alpha value is -1.80. The standard InChI is InChI=1S/C15H23N3O4S/c1-10-9-18(3)15(19)11-6-5-7-12(17-23(4,20)21)14(11)22-13(10)8-16-2/h5-7,10,13,16-17H,8-9H2,1-4H3/t10-,13+/m1/s1. The highest BCUT2D eigenvalue weighted by molar-refractivity contribution is 7.92. The number of anilines is 1. The number of carbonyl (C=O) groups is 1. The highest BCUT2D eigenvalue weighted by Gasteiger charge is 2.30. The number of ether oxygens (including phenoxy) is 1. The van der Waals surface area contributed by atoms with E-state index in [2.05, 4.69) is 10.0 Å². The fourth-order valence-corrected chi connectivity index (χ4v) is 3.22. The van der Waals surface area contributed by atoms with Gasteiger partial charge in [-0.05, 0) is 19.2 Å². The van der Waals surface area contributed by atoms with Gasteiger partial charge in [-0.25, -0.2) is 8.42 Å². The quantitative estimate of drug-likeness (QED) is 0.844. The largest absolute Gasteiger partial charge is 0.486 e. The Morgan fingerprint density at radius 3 is 2.70 bits per heavy atom. The maximum atomic E-state index is 12.6. The van der Waals surface area contributed by atoms with Crippen LogP contribution in [0.4, 0.5) is 5.69 Å². The van der Waals surface area contributed by atoms with Gasteiger partial charge in [-0.2, -0.15) is 0 Å². The molecule has 7 nitrogen and oxygen atoms in total. The molecule has 23 heavy (non-hydrogen) atoms. The molecule has 1 aromatic carbocycles. The Balaban J connectivity index is 2.54. The fraction of sp³-hybridized carbons (Fsp3) is 0.533. The number of rotatable bonds is 4. The summed E-state index contributed by atoms with van der Waals surface area (Å²) in [6, 6.07) is 4.88. The first-order valence-electron chi connectivity index (χ1n) is 7.40. The van der Waals surface area contributed by atoms with Crippen molar-refractivity contribution in [2.75, 3.05) is 38.2 Å². The molecule has 0 spiro atoms. The Labute approximate surface area is 137 Å². The van der Waals surface area contributed by atoms with Gasteiger partial charge in [0.25, 0.3) is 5.91 Å². The number of hydrogen-bond donors (Lipinski definition) is 2. The van der Waals surface area contributed by atoms with Gasteiger partial charge in [0, 0.05) is 26.1 Å². The van der Waals surface area contributed by atoms with E-state index < -0.39 is 10.0 Å². The van der Waals surface area contributed by atoms with Gasteiger partial charge in [0.1, 0.15) is 6.10 Å². The molecular formula is C15H23N3O4S. The number of carbonyl (C=O) groups excluding carboxylic acids is 1. The first-order valence-corrected chi connectivity index (χ1v) is 9.29. The molecule has 2 rings (SSSR count). The molecule has 0 saturated carbocycles. The van der Waals surface area contributed by atoms with E-state index in [4.69, 9.17) is 4.74 Å². The van der Waals surface area contributed by atoms with Crippen molar-refractivity contribution in [2.45, 2.75) is 13.0 Å². The number of sulfonamides is 1. The van der Waals surface area contributed by atoms with Gasteiger partial charge in [-0.1, -0.05) is 13.0 Å². The molecule has 0 radical (unpaired) electrons. The van der Waals surface area contributed by atoms with Crippen molar-refractivity contribution < 1.29 is 17.9 Å². The zero-order valence-electron chi connectivity index (χ0n) is 13.8. The smallest absolute Gasteiger partial charge is 0.257 e. The lowest BCUT2D eigenvalue weighted by atomic mass is 10.0. The molecule has 2 atom stereocenters. The summed E-state index contributed by atoms with van der Waals surface area (Å²) < 4.78 is 31.6. The number of amides is 1. The Morgan fingerprint density at radius 2 is 2.09 bits per heavy atom. The van der Waals surface area contributed by atoms with Crippen LogP contribution in [0.3, 0.4) is 0 Å². The maximum Gasteiger partial charge on any atom is 0.257 e.